The lowest BCUT2D eigenvalue weighted by atomic mass is 10.2. The van der Waals surface area contributed by atoms with E-state index in [1.807, 2.05) is 0 Å². The van der Waals surface area contributed by atoms with Crippen molar-refractivity contribution in [2.45, 2.75) is 13.5 Å². The molecule has 0 saturated carbocycles. The Kier molecular flexibility index (Phi) is 6.36. The highest BCUT2D eigenvalue weighted by atomic mass is 35.5. The van der Waals surface area contributed by atoms with E-state index in [-0.39, 0.29) is 47.1 Å². The van der Waals surface area contributed by atoms with E-state index in [4.69, 9.17) is 11.6 Å². The third-order valence-electron chi connectivity index (χ3n) is 3.60. The van der Waals surface area contributed by atoms with Crippen molar-refractivity contribution in [3.05, 3.63) is 64.4 Å². The summed E-state index contributed by atoms with van der Waals surface area (Å²) in [6.45, 7) is 2.22. The summed E-state index contributed by atoms with van der Waals surface area (Å²) in [4.78, 5) is 25.9. The average molecular weight is 365 g/mol. The van der Waals surface area contributed by atoms with Crippen LogP contribution in [-0.4, -0.2) is 34.9 Å². The quantitative estimate of drug-likeness (QED) is 0.828. The summed E-state index contributed by atoms with van der Waals surface area (Å²) >= 11 is 5.81. The summed E-state index contributed by atoms with van der Waals surface area (Å²) in [7, 11) is 0. The van der Waals surface area contributed by atoms with Gasteiger partial charge in [-0.2, -0.15) is 0 Å². The average Bonchev–Trinajstić information content (AvgIpc) is 2.61. The molecule has 2 N–H and O–H groups in total. The maximum Gasteiger partial charge on any atom is 0.254 e. The van der Waals surface area contributed by atoms with E-state index >= 15 is 0 Å². The van der Waals surface area contributed by atoms with Gasteiger partial charge in [0.05, 0.1) is 11.6 Å². The van der Waals surface area contributed by atoms with Gasteiger partial charge >= 0.3 is 0 Å². The standard InChI is InChI=1S/C18H18ClFN2O3/c1-2-22(18(25)13-5-8-16(23)15(19)9-13)11-17(24)21-10-12-3-6-14(20)7-4-12/h3-9,23H,2,10-11H2,1H3,(H,21,24). The molecule has 7 heteroatoms. The van der Waals surface area contributed by atoms with Gasteiger partial charge in [0.15, 0.2) is 0 Å². The Balaban J connectivity index is 1.95. The number of benzene rings is 2. The summed E-state index contributed by atoms with van der Waals surface area (Å²) in [5.74, 6) is -1.14. The molecule has 0 atom stereocenters. The number of carbonyl (C=O) groups excluding carboxylic acids is 2. The van der Waals surface area contributed by atoms with Crippen molar-refractivity contribution in [2.24, 2.45) is 0 Å². The first-order valence-corrected chi connectivity index (χ1v) is 8.07. The Labute approximate surface area is 150 Å². The van der Waals surface area contributed by atoms with Gasteiger partial charge in [0.2, 0.25) is 5.91 Å². The Bertz CT molecular complexity index is 765. The molecule has 25 heavy (non-hydrogen) atoms. The van der Waals surface area contributed by atoms with Gasteiger partial charge in [0.1, 0.15) is 11.6 Å². The Morgan fingerprint density at radius 2 is 1.88 bits per heavy atom. The van der Waals surface area contributed by atoms with Gasteiger partial charge in [-0.15, -0.1) is 0 Å². The summed E-state index contributed by atoms with van der Waals surface area (Å²) in [6, 6.07) is 9.93. The summed E-state index contributed by atoms with van der Waals surface area (Å²) in [5, 5.41) is 12.2. The number of carbonyl (C=O) groups is 2. The molecule has 0 spiro atoms. The van der Waals surface area contributed by atoms with Crippen LogP contribution in [-0.2, 0) is 11.3 Å². The molecule has 2 amide bonds. The number of phenols is 1. The number of aromatic hydroxyl groups is 1. The summed E-state index contributed by atoms with van der Waals surface area (Å²) in [5.41, 5.74) is 1.05. The molecule has 0 heterocycles. The number of nitrogens with zero attached hydrogens (tertiary/aromatic N) is 1. The normalized spacial score (nSPS) is 10.4. The molecule has 132 valence electrons. The number of likely N-dealkylation sites (N-methyl/N-ethyl adjacent to an activating group) is 1. The van der Waals surface area contributed by atoms with Gasteiger partial charge in [-0.05, 0) is 42.8 Å². The van der Waals surface area contributed by atoms with Crippen LogP contribution in [0.2, 0.25) is 5.02 Å². The fourth-order valence-electron chi connectivity index (χ4n) is 2.18. The minimum absolute atomic E-state index is 0.0719. The van der Waals surface area contributed by atoms with Crippen LogP contribution in [0.15, 0.2) is 42.5 Å². The molecule has 2 aromatic carbocycles. The number of amides is 2. The molecule has 5 nitrogen and oxygen atoms in total. The van der Waals surface area contributed by atoms with E-state index in [0.717, 1.165) is 5.56 Å². The highest BCUT2D eigenvalue weighted by molar-refractivity contribution is 6.32. The van der Waals surface area contributed by atoms with Crippen molar-refractivity contribution in [1.82, 2.24) is 10.2 Å². The Hall–Kier alpha value is -2.60. The smallest absolute Gasteiger partial charge is 0.254 e. The number of hydrogen-bond donors (Lipinski definition) is 2. The minimum Gasteiger partial charge on any atom is -0.506 e. The first-order valence-electron chi connectivity index (χ1n) is 7.69. The molecule has 0 fully saturated rings. The second-order valence-corrected chi connectivity index (χ2v) is 5.80. The molecule has 0 bridgehead atoms. The largest absolute Gasteiger partial charge is 0.506 e. The van der Waals surface area contributed by atoms with Crippen LogP contribution in [0, 0.1) is 5.82 Å². The Morgan fingerprint density at radius 3 is 2.48 bits per heavy atom. The molecule has 0 aliphatic heterocycles. The lowest BCUT2D eigenvalue weighted by molar-refractivity contribution is -0.121. The van der Waals surface area contributed by atoms with Gasteiger partial charge < -0.3 is 15.3 Å². The van der Waals surface area contributed by atoms with Crippen LogP contribution in [0.5, 0.6) is 5.75 Å². The van der Waals surface area contributed by atoms with Crippen LogP contribution in [0.25, 0.3) is 0 Å². The maximum atomic E-state index is 12.9. The van der Waals surface area contributed by atoms with Crippen molar-refractivity contribution in [1.29, 1.82) is 0 Å². The van der Waals surface area contributed by atoms with Crippen molar-refractivity contribution >= 4 is 23.4 Å². The second-order valence-electron chi connectivity index (χ2n) is 5.39. The van der Waals surface area contributed by atoms with Crippen LogP contribution in [0.1, 0.15) is 22.8 Å². The van der Waals surface area contributed by atoms with E-state index < -0.39 is 0 Å². The minimum atomic E-state index is -0.360. The predicted octanol–water partition coefficient (Wildman–Crippen LogP) is 2.96. The molecule has 2 rings (SSSR count). The second kappa shape index (κ2) is 8.48. The maximum absolute atomic E-state index is 12.9. The molecule has 0 radical (unpaired) electrons. The first kappa shape index (κ1) is 18.7. The summed E-state index contributed by atoms with van der Waals surface area (Å²) < 4.78 is 12.9. The first-order chi connectivity index (χ1) is 11.9. The number of nitrogens with one attached hydrogen (secondary N) is 1. The van der Waals surface area contributed by atoms with Crippen molar-refractivity contribution in [3.8, 4) is 5.75 Å². The highest BCUT2D eigenvalue weighted by Gasteiger charge is 2.18. The zero-order chi connectivity index (χ0) is 18.4. The number of halogens is 2. The fourth-order valence-corrected chi connectivity index (χ4v) is 2.36. The Morgan fingerprint density at radius 1 is 1.20 bits per heavy atom. The highest BCUT2D eigenvalue weighted by Crippen LogP contribution is 2.24. The monoisotopic (exact) mass is 364 g/mol. The van der Waals surface area contributed by atoms with E-state index in [2.05, 4.69) is 5.32 Å². The SMILES string of the molecule is CCN(CC(=O)NCc1ccc(F)cc1)C(=O)c1ccc(O)c(Cl)c1. The third kappa shape index (κ3) is 5.19. The molecular weight excluding hydrogens is 347 g/mol. The third-order valence-corrected chi connectivity index (χ3v) is 3.90. The van der Waals surface area contributed by atoms with Crippen molar-refractivity contribution < 1.29 is 19.1 Å². The zero-order valence-electron chi connectivity index (χ0n) is 13.6. The van der Waals surface area contributed by atoms with Gasteiger partial charge in [0, 0.05) is 18.7 Å². The van der Waals surface area contributed by atoms with Gasteiger partial charge in [-0.1, -0.05) is 23.7 Å². The van der Waals surface area contributed by atoms with Crippen molar-refractivity contribution in [2.75, 3.05) is 13.1 Å². The van der Waals surface area contributed by atoms with Gasteiger partial charge in [-0.3, -0.25) is 9.59 Å². The predicted molar refractivity (Wildman–Crippen MR) is 92.9 cm³/mol. The number of hydrogen-bond acceptors (Lipinski definition) is 3. The molecular formula is C18H18ClFN2O3. The van der Waals surface area contributed by atoms with Gasteiger partial charge in [-0.25, -0.2) is 4.39 Å². The van der Waals surface area contributed by atoms with Gasteiger partial charge in [0.25, 0.3) is 5.91 Å². The zero-order valence-corrected chi connectivity index (χ0v) is 14.4. The lowest BCUT2D eigenvalue weighted by Gasteiger charge is -2.20. The molecule has 0 aliphatic carbocycles. The molecule has 0 aliphatic rings. The molecule has 0 unspecified atom stereocenters. The topological polar surface area (TPSA) is 69.6 Å². The fraction of sp³-hybridized carbons (Fsp3) is 0.222. The molecule has 0 saturated heterocycles. The summed E-state index contributed by atoms with van der Waals surface area (Å²) in [6.07, 6.45) is 0. The van der Waals surface area contributed by atoms with Crippen LogP contribution < -0.4 is 5.32 Å². The number of phenolic OH excluding ortho intramolecular Hbond substituents is 1. The van der Waals surface area contributed by atoms with Crippen LogP contribution >= 0.6 is 11.6 Å². The van der Waals surface area contributed by atoms with Crippen LogP contribution in [0.4, 0.5) is 4.39 Å². The number of rotatable bonds is 6. The van der Waals surface area contributed by atoms with Crippen molar-refractivity contribution in [3.63, 3.8) is 0 Å². The van der Waals surface area contributed by atoms with E-state index in [9.17, 15) is 19.1 Å². The molecule has 0 aromatic heterocycles. The lowest BCUT2D eigenvalue weighted by Crippen LogP contribution is -2.40. The van der Waals surface area contributed by atoms with E-state index in [1.54, 1.807) is 19.1 Å². The van der Waals surface area contributed by atoms with Crippen LogP contribution in [0.3, 0.4) is 0 Å². The van der Waals surface area contributed by atoms with E-state index in [1.165, 1.54) is 35.2 Å². The molecule has 2 aromatic rings. The van der Waals surface area contributed by atoms with E-state index in [0.29, 0.717) is 6.54 Å².